The van der Waals surface area contributed by atoms with Gasteiger partial charge in [-0.3, -0.25) is 0 Å². The van der Waals surface area contributed by atoms with Crippen LogP contribution in [0.25, 0.3) is 0 Å². The second-order valence-corrected chi connectivity index (χ2v) is 6.74. The smallest absolute Gasteiger partial charge is 0.0610 e. The van der Waals surface area contributed by atoms with Crippen LogP contribution >= 0.6 is 0 Å². The number of likely N-dealkylation sites (tertiary alicyclic amines) is 1. The first-order chi connectivity index (χ1) is 9.50. The lowest BCUT2D eigenvalue weighted by molar-refractivity contribution is 0.138. The fourth-order valence-corrected chi connectivity index (χ4v) is 3.16. The molecule has 1 unspecified atom stereocenters. The molecule has 4 nitrogen and oxygen atoms in total. The van der Waals surface area contributed by atoms with Crippen LogP contribution in [0.15, 0.2) is 0 Å². The summed E-state index contributed by atoms with van der Waals surface area (Å²) in [6.07, 6.45) is 6.11. The number of unbranched alkanes of at least 4 members (excludes halogenated alkanes) is 1. The Balaban J connectivity index is 2.13. The molecule has 1 saturated heterocycles. The molecule has 0 spiro atoms. The highest BCUT2D eigenvalue weighted by atomic mass is 16.3. The van der Waals surface area contributed by atoms with Gasteiger partial charge in [0.1, 0.15) is 0 Å². The standard InChI is InChI=1S/C16H35N3O/c1-5-17-16(2,14-20)10-6-7-11-19-12-8-15(9-13-19)18(3)4/h15,17,20H,5-14H2,1-4H3. The van der Waals surface area contributed by atoms with Gasteiger partial charge in [0.25, 0.3) is 0 Å². The van der Waals surface area contributed by atoms with E-state index in [9.17, 15) is 5.11 Å². The molecule has 1 heterocycles. The third kappa shape index (κ3) is 6.08. The van der Waals surface area contributed by atoms with Gasteiger partial charge in [0.15, 0.2) is 0 Å². The Morgan fingerprint density at radius 1 is 1.25 bits per heavy atom. The zero-order valence-electron chi connectivity index (χ0n) is 14.0. The highest BCUT2D eigenvalue weighted by molar-refractivity contribution is 4.82. The first-order valence-electron chi connectivity index (χ1n) is 8.25. The molecule has 120 valence electrons. The van der Waals surface area contributed by atoms with Crippen molar-refractivity contribution in [1.29, 1.82) is 0 Å². The fraction of sp³-hybridized carbons (Fsp3) is 1.00. The maximum absolute atomic E-state index is 9.47. The fourth-order valence-electron chi connectivity index (χ4n) is 3.16. The number of likely N-dealkylation sites (N-methyl/N-ethyl adjacent to an activating group) is 1. The van der Waals surface area contributed by atoms with Gasteiger partial charge < -0.3 is 20.2 Å². The van der Waals surface area contributed by atoms with Crippen molar-refractivity contribution in [3.63, 3.8) is 0 Å². The van der Waals surface area contributed by atoms with Crippen LogP contribution in [0, 0.1) is 0 Å². The van der Waals surface area contributed by atoms with Crippen LogP contribution in [-0.2, 0) is 0 Å². The average Bonchev–Trinajstić information content (AvgIpc) is 2.44. The van der Waals surface area contributed by atoms with E-state index in [1.165, 1.54) is 45.3 Å². The van der Waals surface area contributed by atoms with Gasteiger partial charge in [0.05, 0.1) is 6.61 Å². The van der Waals surface area contributed by atoms with Crippen molar-refractivity contribution in [3.8, 4) is 0 Å². The average molecular weight is 285 g/mol. The lowest BCUT2D eigenvalue weighted by Gasteiger charge is -2.35. The molecular weight excluding hydrogens is 250 g/mol. The van der Waals surface area contributed by atoms with Gasteiger partial charge in [-0.05, 0) is 72.9 Å². The van der Waals surface area contributed by atoms with Crippen molar-refractivity contribution >= 4 is 0 Å². The van der Waals surface area contributed by atoms with Crippen LogP contribution in [0.1, 0.15) is 46.0 Å². The van der Waals surface area contributed by atoms with Crippen LogP contribution in [-0.4, -0.2) is 73.4 Å². The van der Waals surface area contributed by atoms with Crippen LogP contribution in [0.3, 0.4) is 0 Å². The number of nitrogens with one attached hydrogen (secondary N) is 1. The third-order valence-electron chi connectivity index (χ3n) is 4.69. The van der Waals surface area contributed by atoms with Gasteiger partial charge in [0.2, 0.25) is 0 Å². The Kier molecular flexibility index (Phi) is 8.03. The molecule has 1 rings (SSSR count). The van der Waals surface area contributed by atoms with E-state index in [0.717, 1.165) is 19.0 Å². The number of aliphatic hydroxyl groups is 1. The highest BCUT2D eigenvalue weighted by Crippen LogP contribution is 2.17. The monoisotopic (exact) mass is 285 g/mol. The largest absolute Gasteiger partial charge is 0.394 e. The first-order valence-corrected chi connectivity index (χ1v) is 8.25. The lowest BCUT2D eigenvalue weighted by Crippen LogP contribution is -2.45. The minimum absolute atomic E-state index is 0.0906. The Hall–Kier alpha value is -0.160. The van der Waals surface area contributed by atoms with Crippen molar-refractivity contribution in [1.82, 2.24) is 15.1 Å². The van der Waals surface area contributed by atoms with Gasteiger partial charge in [-0.1, -0.05) is 13.3 Å². The molecule has 0 aromatic heterocycles. The molecule has 0 aromatic rings. The second-order valence-electron chi connectivity index (χ2n) is 6.74. The number of aliphatic hydroxyl groups excluding tert-OH is 1. The van der Waals surface area contributed by atoms with E-state index in [1.54, 1.807) is 0 Å². The Bertz CT molecular complexity index is 252. The molecule has 1 fully saturated rings. The van der Waals surface area contributed by atoms with Crippen LogP contribution in [0.4, 0.5) is 0 Å². The summed E-state index contributed by atoms with van der Waals surface area (Å²) in [6.45, 7) is 9.08. The Morgan fingerprint density at radius 3 is 2.40 bits per heavy atom. The molecule has 1 aliphatic heterocycles. The molecular formula is C16H35N3O. The summed E-state index contributed by atoms with van der Waals surface area (Å²) in [4.78, 5) is 4.96. The predicted molar refractivity (Wildman–Crippen MR) is 86.2 cm³/mol. The molecule has 1 aliphatic rings. The molecule has 0 aromatic carbocycles. The summed E-state index contributed by atoms with van der Waals surface area (Å²) < 4.78 is 0. The van der Waals surface area contributed by atoms with Gasteiger partial charge in [-0.2, -0.15) is 0 Å². The maximum atomic E-state index is 9.47. The number of piperidine rings is 1. The molecule has 2 N–H and O–H groups in total. The summed E-state index contributed by atoms with van der Waals surface area (Å²) in [5, 5.41) is 12.9. The zero-order chi connectivity index (χ0) is 15.0. The van der Waals surface area contributed by atoms with Gasteiger partial charge in [-0.15, -0.1) is 0 Å². The molecule has 0 radical (unpaired) electrons. The summed E-state index contributed by atoms with van der Waals surface area (Å²) in [5.41, 5.74) is -0.0906. The van der Waals surface area contributed by atoms with E-state index in [1.807, 2.05) is 0 Å². The van der Waals surface area contributed by atoms with Crippen LogP contribution in [0.2, 0.25) is 0 Å². The molecule has 20 heavy (non-hydrogen) atoms. The molecule has 1 atom stereocenters. The quantitative estimate of drug-likeness (QED) is 0.630. The molecule has 0 bridgehead atoms. The SMILES string of the molecule is CCNC(C)(CO)CCCCN1CCC(N(C)C)CC1. The van der Waals surface area contributed by atoms with Crippen LogP contribution in [0.5, 0.6) is 0 Å². The van der Waals surface area contributed by atoms with Gasteiger partial charge in [0, 0.05) is 11.6 Å². The van der Waals surface area contributed by atoms with Crippen molar-refractivity contribution in [2.45, 2.75) is 57.5 Å². The zero-order valence-corrected chi connectivity index (χ0v) is 14.0. The van der Waals surface area contributed by atoms with Crippen molar-refractivity contribution in [2.24, 2.45) is 0 Å². The van der Waals surface area contributed by atoms with E-state index < -0.39 is 0 Å². The predicted octanol–water partition coefficient (Wildman–Crippen LogP) is 1.54. The molecule has 0 amide bonds. The Morgan fingerprint density at radius 2 is 1.90 bits per heavy atom. The molecule has 0 saturated carbocycles. The van der Waals surface area contributed by atoms with E-state index >= 15 is 0 Å². The number of nitrogens with zero attached hydrogens (tertiary/aromatic N) is 2. The van der Waals surface area contributed by atoms with E-state index in [4.69, 9.17) is 0 Å². The minimum Gasteiger partial charge on any atom is -0.394 e. The van der Waals surface area contributed by atoms with Crippen molar-refractivity contribution in [2.75, 3.05) is 46.9 Å². The summed E-state index contributed by atoms with van der Waals surface area (Å²) >= 11 is 0. The number of hydrogen-bond acceptors (Lipinski definition) is 4. The molecule has 0 aliphatic carbocycles. The summed E-state index contributed by atoms with van der Waals surface area (Å²) in [7, 11) is 4.38. The van der Waals surface area contributed by atoms with E-state index in [-0.39, 0.29) is 12.1 Å². The summed E-state index contributed by atoms with van der Waals surface area (Å²) in [6, 6.07) is 0.776. The topological polar surface area (TPSA) is 38.7 Å². The van der Waals surface area contributed by atoms with Crippen LogP contribution < -0.4 is 5.32 Å². The lowest BCUT2D eigenvalue weighted by atomic mass is 9.95. The minimum atomic E-state index is -0.0906. The van der Waals surface area contributed by atoms with E-state index in [2.05, 4.69) is 43.1 Å². The first kappa shape index (κ1) is 17.9. The third-order valence-corrected chi connectivity index (χ3v) is 4.69. The molecule has 4 heteroatoms. The second kappa shape index (κ2) is 8.98. The maximum Gasteiger partial charge on any atom is 0.0610 e. The normalized spacial score (nSPS) is 21.3. The summed E-state index contributed by atoms with van der Waals surface area (Å²) in [5.74, 6) is 0. The number of rotatable bonds is 9. The van der Waals surface area contributed by atoms with Crippen molar-refractivity contribution < 1.29 is 5.11 Å². The van der Waals surface area contributed by atoms with Crippen molar-refractivity contribution in [3.05, 3.63) is 0 Å². The van der Waals surface area contributed by atoms with Gasteiger partial charge in [-0.25, -0.2) is 0 Å². The Labute approximate surface area is 125 Å². The highest BCUT2D eigenvalue weighted by Gasteiger charge is 2.22. The van der Waals surface area contributed by atoms with Gasteiger partial charge >= 0.3 is 0 Å². The van der Waals surface area contributed by atoms with E-state index in [0.29, 0.717) is 0 Å². The number of hydrogen-bond donors (Lipinski definition) is 2.